The van der Waals surface area contributed by atoms with Crippen LogP contribution in [-0.4, -0.2) is 16.9 Å². The van der Waals surface area contributed by atoms with Crippen molar-refractivity contribution in [1.29, 1.82) is 0 Å². The monoisotopic (exact) mass is 205 g/mol. The molecule has 1 fully saturated rings. The van der Waals surface area contributed by atoms with Crippen molar-refractivity contribution >= 4 is 11.6 Å². The first-order valence-corrected chi connectivity index (χ1v) is 5.17. The predicted octanol–water partition coefficient (Wildman–Crippen LogP) is 1.19. The molecule has 0 radical (unpaired) electrons. The van der Waals surface area contributed by atoms with Gasteiger partial charge in [-0.25, -0.2) is 0 Å². The van der Waals surface area contributed by atoms with Crippen LogP contribution in [-0.2, 0) is 0 Å². The molecule has 0 saturated heterocycles. The smallest absolute Gasteiger partial charge is 0.255 e. The normalized spacial score (nSPS) is 24.3. The topological polar surface area (TPSA) is 68.0 Å². The largest absolute Gasteiger partial charge is 0.398 e. The van der Waals surface area contributed by atoms with E-state index in [-0.39, 0.29) is 5.91 Å². The van der Waals surface area contributed by atoms with Crippen LogP contribution in [0.4, 0.5) is 5.69 Å². The Morgan fingerprint density at radius 2 is 2.33 bits per heavy atom. The summed E-state index contributed by atoms with van der Waals surface area (Å²) in [6.45, 7) is 2.18. The number of amides is 1. The summed E-state index contributed by atoms with van der Waals surface area (Å²) in [5.41, 5.74) is 6.63. The van der Waals surface area contributed by atoms with Crippen molar-refractivity contribution in [1.82, 2.24) is 10.3 Å². The van der Waals surface area contributed by atoms with Crippen molar-refractivity contribution in [3.8, 4) is 0 Å². The Bertz CT molecular complexity index is 372. The van der Waals surface area contributed by atoms with E-state index in [0.29, 0.717) is 17.3 Å². The van der Waals surface area contributed by atoms with Gasteiger partial charge in [-0.15, -0.1) is 0 Å². The first-order chi connectivity index (χ1) is 7.16. The van der Waals surface area contributed by atoms with E-state index in [1.807, 2.05) is 0 Å². The highest BCUT2D eigenvalue weighted by molar-refractivity contribution is 5.98. The van der Waals surface area contributed by atoms with Gasteiger partial charge in [-0.2, -0.15) is 0 Å². The summed E-state index contributed by atoms with van der Waals surface area (Å²) in [5.74, 6) is 0.610. The average Bonchev–Trinajstić information content (AvgIpc) is 2.16. The molecule has 3 N–H and O–H groups in total. The van der Waals surface area contributed by atoms with Crippen LogP contribution in [0.2, 0.25) is 0 Å². The minimum Gasteiger partial charge on any atom is -0.398 e. The van der Waals surface area contributed by atoms with Crippen LogP contribution in [0.1, 0.15) is 30.1 Å². The van der Waals surface area contributed by atoms with E-state index in [4.69, 9.17) is 5.73 Å². The second-order valence-corrected chi connectivity index (χ2v) is 4.21. The van der Waals surface area contributed by atoms with Crippen LogP contribution < -0.4 is 11.1 Å². The average molecular weight is 205 g/mol. The first-order valence-electron chi connectivity index (χ1n) is 5.17. The van der Waals surface area contributed by atoms with Crippen LogP contribution in [0.5, 0.6) is 0 Å². The van der Waals surface area contributed by atoms with Crippen LogP contribution in [0.15, 0.2) is 18.5 Å². The van der Waals surface area contributed by atoms with E-state index < -0.39 is 0 Å². The molecule has 1 aromatic heterocycles. The molecule has 0 aliphatic heterocycles. The maximum Gasteiger partial charge on any atom is 0.255 e. The molecule has 4 nitrogen and oxygen atoms in total. The number of anilines is 1. The maximum absolute atomic E-state index is 11.7. The number of rotatable bonds is 2. The summed E-state index contributed by atoms with van der Waals surface area (Å²) in [6, 6.07) is 1.95. The van der Waals surface area contributed by atoms with Gasteiger partial charge in [0.2, 0.25) is 0 Å². The Morgan fingerprint density at radius 3 is 2.93 bits per heavy atom. The zero-order valence-electron chi connectivity index (χ0n) is 8.73. The quantitative estimate of drug-likeness (QED) is 0.762. The molecule has 80 valence electrons. The number of nitrogens with zero attached hydrogens (tertiary/aromatic N) is 1. The number of carbonyl (C=O) groups excluding carboxylic acids is 1. The lowest BCUT2D eigenvalue weighted by Crippen LogP contribution is -2.43. The number of aromatic nitrogens is 1. The molecule has 15 heavy (non-hydrogen) atoms. The minimum atomic E-state index is -0.113. The molecular formula is C11H15N3O. The third-order valence-electron chi connectivity index (χ3n) is 2.81. The number of hydrogen-bond donors (Lipinski definition) is 2. The number of pyridine rings is 1. The van der Waals surface area contributed by atoms with Crippen molar-refractivity contribution in [2.45, 2.75) is 25.8 Å². The van der Waals surface area contributed by atoms with E-state index in [1.54, 1.807) is 12.3 Å². The fourth-order valence-electron chi connectivity index (χ4n) is 1.88. The number of nitrogens with one attached hydrogen (secondary N) is 1. The van der Waals surface area contributed by atoms with Crippen molar-refractivity contribution in [2.24, 2.45) is 5.92 Å². The van der Waals surface area contributed by atoms with E-state index in [9.17, 15) is 4.79 Å². The lowest BCUT2D eigenvalue weighted by Gasteiger charge is -2.33. The highest BCUT2D eigenvalue weighted by Gasteiger charge is 2.27. The maximum atomic E-state index is 11.7. The molecule has 1 heterocycles. The summed E-state index contributed by atoms with van der Waals surface area (Å²) in [6.07, 6.45) is 5.21. The molecule has 1 aromatic rings. The van der Waals surface area contributed by atoms with Gasteiger partial charge in [0.25, 0.3) is 5.91 Å². The highest BCUT2D eigenvalue weighted by atomic mass is 16.1. The van der Waals surface area contributed by atoms with Gasteiger partial charge in [-0.05, 0) is 24.8 Å². The van der Waals surface area contributed by atoms with Crippen LogP contribution in [0, 0.1) is 5.92 Å². The third-order valence-corrected chi connectivity index (χ3v) is 2.81. The van der Waals surface area contributed by atoms with E-state index in [2.05, 4.69) is 17.2 Å². The zero-order chi connectivity index (χ0) is 10.8. The fourth-order valence-corrected chi connectivity index (χ4v) is 1.88. The molecule has 1 saturated carbocycles. The van der Waals surface area contributed by atoms with Gasteiger partial charge < -0.3 is 11.1 Å². The van der Waals surface area contributed by atoms with Gasteiger partial charge in [-0.1, -0.05) is 6.92 Å². The van der Waals surface area contributed by atoms with Crippen LogP contribution in [0.25, 0.3) is 0 Å². The molecule has 0 aromatic carbocycles. The molecule has 2 rings (SSSR count). The number of carbonyl (C=O) groups is 1. The molecule has 0 spiro atoms. The number of nitrogens with two attached hydrogens (primary N) is 1. The van der Waals surface area contributed by atoms with Crippen molar-refractivity contribution < 1.29 is 4.79 Å². The van der Waals surface area contributed by atoms with E-state index >= 15 is 0 Å². The second kappa shape index (κ2) is 3.88. The zero-order valence-corrected chi connectivity index (χ0v) is 8.73. The van der Waals surface area contributed by atoms with E-state index in [1.165, 1.54) is 6.20 Å². The summed E-state index contributed by atoms with van der Waals surface area (Å²) < 4.78 is 0. The Balaban J connectivity index is 1.99. The number of nitrogen functional groups attached to an aromatic ring is 1. The predicted molar refractivity (Wildman–Crippen MR) is 58.3 cm³/mol. The molecular weight excluding hydrogens is 190 g/mol. The molecule has 0 atom stereocenters. The minimum absolute atomic E-state index is 0.113. The Labute approximate surface area is 88.9 Å². The fraction of sp³-hybridized carbons (Fsp3) is 0.455. The molecule has 0 unspecified atom stereocenters. The number of hydrogen-bond acceptors (Lipinski definition) is 3. The molecule has 1 aliphatic rings. The summed E-state index contributed by atoms with van der Waals surface area (Å²) in [5, 5.41) is 2.94. The van der Waals surface area contributed by atoms with Gasteiger partial charge >= 0.3 is 0 Å². The summed E-state index contributed by atoms with van der Waals surface area (Å²) >= 11 is 0. The summed E-state index contributed by atoms with van der Waals surface area (Å²) in [7, 11) is 0. The van der Waals surface area contributed by atoms with Gasteiger partial charge in [0.05, 0.1) is 5.56 Å². The first kappa shape index (κ1) is 9.96. The second-order valence-electron chi connectivity index (χ2n) is 4.21. The van der Waals surface area contributed by atoms with Gasteiger partial charge in [0, 0.05) is 24.1 Å². The Hall–Kier alpha value is -1.58. The SMILES string of the molecule is CC1CC(NC(=O)c2cnccc2N)C1. The molecule has 0 bridgehead atoms. The van der Waals surface area contributed by atoms with Crippen LogP contribution in [0.3, 0.4) is 0 Å². The van der Waals surface area contributed by atoms with Crippen molar-refractivity contribution in [2.75, 3.05) is 5.73 Å². The highest BCUT2D eigenvalue weighted by Crippen LogP contribution is 2.26. The molecule has 4 heteroatoms. The van der Waals surface area contributed by atoms with E-state index in [0.717, 1.165) is 18.8 Å². The van der Waals surface area contributed by atoms with Crippen molar-refractivity contribution in [3.05, 3.63) is 24.0 Å². The van der Waals surface area contributed by atoms with Crippen molar-refractivity contribution in [3.63, 3.8) is 0 Å². The van der Waals surface area contributed by atoms with Gasteiger partial charge in [-0.3, -0.25) is 9.78 Å². The lowest BCUT2D eigenvalue weighted by molar-refractivity contribution is 0.0896. The van der Waals surface area contributed by atoms with Crippen LogP contribution >= 0.6 is 0 Å². The standard InChI is InChI=1S/C11H15N3O/c1-7-4-8(5-7)14-11(15)9-6-13-3-2-10(9)12/h2-3,6-8H,4-5H2,1H3,(H2,12,13)(H,14,15). The Kier molecular flexibility index (Phi) is 2.58. The Morgan fingerprint density at radius 1 is 1.60 bits per heavy atom. The third kappa shape index (κ3) is 2.09. The van der Waals surface area contributed by atoms with Gasteiger partial charge in [0.1, 0.15) is 0 Å². The summed E-state index contributed by atoms with van der Waals surface area (Å²) in [4.78, 5) is 15.6. The molecule has 1 amide bonds. The molecule has 1 aliphatic carbocycles. The lowest BCUT2D eigenvalue weighted by atomic mass is 9.82. The van der Waals surface area contributed by atoms with Gasteiger partial charge in [0.15, 0.2) is 0 Å².